The number of fused-ring (bicyclic) bond motifs is 5. The highest BCUT2D eigenvalue weighted by Gasteiger charge is 2.58. The molecule has 0 aromatic carbocycles. The number of aliphatic imine (C=N–C) groups is 1. The van der Waals surface area contributed by atoms with Crippen LogP contribution in [-0.4, -0.2) is 73.4 Å². The van der Waals surface area contributed by atoms with Gasteiger partial charge in [0.2, 0.25) is 11.8 Å². The summed E-state index contributed by atoms with van der Waals surface area (Å²) in [5.41, 5.74) is 0. The molecule has 8 heteroatoms. The molecule has 1 saturated carbocycles. The molecule has 0 spiro atoms. The van der Waals surface area contributed by atoms with Crippen LogP contribution in [0, 0.1) is 23.7 Å². The second-order valence-corrected chi connectivity index (χ2v) is 9.34. The van der Waals surface area contributed by atoms with E-state index in [-0.39, 0.29) is 59.5 Å². The van der Waals surface area contributed by atoms with Crippen LogP contribution in [0.15, 0.2) is 17.1 Å². The van der Waals surface area contributed by atoms with E-state index in [2.05, 4.69) is 39.6 Å². The van der Waals surface area contributed by atoms with Crippen molar-refractivity contribution in [2.24, 2.45) is 28.7 Å². The molecule has 7 nitrogen and oxygen atoms in total. The summed E-state index contributed by atoms with van der Waals surface area (Å²) in [7, 11) is 1.75. The predicted molar refractivity (Wildman–Crippen MR) is 133 cm³/mol. The zero-order valence-electron chi connectivity index (χ0n) is 18.9. The maximum absolute atomic E-state index is 12.7. The third-order valence-corrected chi connectivity index (χ3v) is 7.52. The fourth-order valence-corrected chi connectivity index (χ4v) is 5.83. The number of nitrogens with one attached hydrogen (secondary N) is 2. The molecule has 4 aliphatic rings. The molecule has 2 bridgehead atoms. The third kappa shape index (κ3) is 5.26. The average Bonchev–Trinajstić information content (AvgIpc) is 3.43. The first-order valence-corrected chi connectivity index (χ1v) is 11.8. The summed E-state index contributed by atoms with van der Waals surface area (Å²) in [5.74, 6) is 1.13. The van der Waals surface area contributed by atoms with Gasteiger partial charge < -0.3 is 15.5 Å². The first-order chi connectivity index (χ1) is 14.6. The molecule has 5 unspecified atom stereocenters. The summed E-state index contributed by atoms with van der Waals surface area (Å²) in [6, 6.07) is 0.725. The molecule has 0 aromatic rings. The van der Waals surface area contributed by atoms with Gasteiger partial charge in [0.15, 0.2) is 5.96 Å². The zero-order valence-corrected chi connectivity index (χ0v) is 21.2. The Morgan fingerprint density at radius 2 is 1.71 bits per heavy atom. The molecule has 2 amide bonds. The number of guanidine groups is 1. The van der Waals surface area contributed by atoms with Crippen molar-refractivity contribution in [2.45, 2.75) is 51.5 Å². The number of hydrogen-bond acceptors (Lipinski definition) is 4. The molecular formula is C23H38IN5O2. The van der Waals surface area contributed by atoms with Gasteiger partial charge in [-0.3, -0.25) is 19.5 Å². The molecule has 5 atom stereocenters. The standard InChI is InChI=1S/C23H37N5O2.HI/c1-16-7-3-5-12-27(16)13-6-4-10-25-23(24-2)26-11-14-28-21(29)19-17-8-9-18(15-17)20(19)22(28)30;/h8-9,16-20H,3-7,10-15H2,1-2H3,(H2,24,25,26);1H. The Morgan fingerprint density at radius 1 is 1.03 bits per heavy atom. The average molecular weight is 543 g/mol. The number of likely N-dealkylation sites (tertiary alicyclic amines) is 2. The Hall–Kier alpha value is -1.16. The number of halogens is 1. The van der Waals surface area contributed by atoms with Gasteiger partial charge in [0.25, 0.3) is 0 Å². The molecule has 3 fully saturated rings. The first kappa shape index (κ1) is 24.5. The molecule has 174 valence electrons. The van der Waals surface area contributed by atoms with Crippen LogP contribution in [-0.2, 0) is 9.59 Å². The monoisotopic (exact) mass is 543 g/mol. The van der Waals surface area contributed by atoms with E-state index in [0.29, 0.717) is 13.1 Å². The number of nitrogens with zero attached hydrogens (tertiary/aromatic N) is 3. The molecular weight excluding hydrogens is 505 g/mol. The molecule has 2 saturated heterocycles. The van der Waals surface area contributed by atoms with Gasteiger partial charge in [-0.1, -0.05) is 18.6 Å². The van der Waals surface area contributed by atoms with Gasteiger partial charge in [0, 0.05) is 32.7 Å². The number of piperidine rings is 1. The lowest BCUT2D eigenvalue weighted by Crippen LogP contribution is -2.44. The van der Waals surface area contributed by atoms with Gasteiger partial charge in [0.05, 0.1) is 11.8 Å². The second kappa shape index (κ2) is 11.1. The number of allylic oxidation sites excluding steroid dienone is 2. The Labute approximate surface area is 203 Å². The molecule has 31 heavy (non-hydrogen) atoms. The van der Waals surface area contributed by atoms with Crippen molar-refractivity contribution in [2.75, 3.05) is 39.8 Å². The van der Waals surface area contributed by atoms with Crippen molar-refractivity contribution in [3.63, 3.8) is 0 Å². The fourth-order valence-electron chi connectivity index (χ4n) is 5.83. The molecule has 2 aliphatic heterocycles. The van der Waals surface area contributed by atoms with E-state index in [9.17, 15) is 9.59 Å². The fraction of sp³-hybridized carbons (Fsp3) is 0.783. The molecule has 2 heterocycles. The quantitative estimate of drug-likeness (QED) is 0.123. The largest absolute Gasteiger partial charge is 0.356 e. The van der Waals surface area contributed by atoms with Gasteiger partial charge in [-0.2, -0.15) is 0 Å². The van der Waals surface area contributed by atoms with Gasteiger partial charge in [-0.15, -0.1) is 24.0 Å². The summed E-state index contributed by atoms with van der Waals surface area (Å²) < 4.78 is 0. The number of rotatable bonds is 8. The van der Waals surface area contributed by atoms with Crippen LogP contribution in [0.4, 0.5) is 0 Å². The van der Waals surface area contributed by atoms with E-state index >= 15 is 0 Å². The lowest BCUT2D eigenvalue weighted by Gasteiger charge is -2.33. The Morgan fingerprint density at radius 3 is 2.35 bits per heavy atom. The van der Waals surface area contributed by atoms with Crippen molar-refractivity contribution in [1.29, 1.82) is 0 Å². The van der Waals surface area contributed by atoms with E-state index in [1.165, 1.54) is 43.7 Å². The van der Waals surface area contributed by atoms with Gasteiger partial charge in [0.1, 0.15) is 0 Å². The normalized spacial score (nSPS) is 32.4. The molecule has 2 aliphatic carbocycles. The molecule has 2 N–H and O–H groups in total. The Bertz CT molecular complexity index is 682. The number of imide groups is 1. The van der Waals surface area contributed by atoms with Crippen LogP contribution in [0.5, 0.6) is 0 Å². The highest BCUT2D eigenvalue weighted by molar-refractivity contribution is 14.0. The van der Waals surface area contributed by atoms with Gasteiger partial charge in [-0.05, 0) is 64.0 Å². The zero-order chi connectivity index (χ0) is 21.1. The van der Waals surface area contributed by atoms with Crippen LogP contribution >= 0.6 is 24.0 Å². The van der Waals surface area contributed by atoms with E-state index in [1.807, 2.05) is 0 Å². The van der Waals surface area contributed by atoms with Crippen molar-refractivity contribution >= 4 is 41.8 Å². The number of unbranched alkanes of at least 4 members (excludes halogenated alkanes) is 1. The second-order valence-electron chi connectivity index (χ2n) is 9.34. The van der Waals surface area contributed by atoms with Crippen molar-refractivity contribution < 1.29 is 9.59 Å². The summed E-state index contributed by atoms with van der Waals surface area (Å²) in [6.45, 7) is 6.58. The van der Waals surface area contributed by atoms with E-state index in [4.69, 9.17) is 0 Å². The van der Waals surface area contributed by atoms with Crippen molar-refractivity contribution in [3.05, 3.63) is 12.2 Å². The number of carbonyl (C=O) groups is 2. The van der Waals surface area contributed by atoms with Crippen LogP contribution in [0.25, 0.3) is 0 Å². The van der Waals surface area contributed by atoms with Crippen LogP contribution in [0.2, 0.25) is 0 Å². The Kier molecular flexibility index (Phi) is 8.78. The summed E-state index contributed by atoms with van der Waals surface area (Å²) in [5, 5.41) is 6.61. The highest BCUT2D eigenvalue weighted by Crippen LogP contribution is 2.52. The van der Waals surface area contributed by atoms with E-state index < -0.39 is 0 Å². The van der Waals surface area contributed by atoms with Gasteiger partial charge in [-0.25, -0.2) is 0 Å². The number of hydrogen-bond donors (Lipinski definition) is 2. The van der Waals surface area contributed by atoms with Crippen LogP contribution < -0.4 is 10.6 Å². The molecule has 0 radical (unpaired) electrons. The highest BCUT2D eigenvalue weighted by atomic mass is 127. The van der Waals surface area contributed by atoms with Crippen molar-refractivity contribution in [1.82, 2.24) is 20.4 Å². The number of carbonyl (C=O) groups excluding carboxylic acids is 2. The smallest absolute Gasteiger partial charge is 0.233 e. The number of amides is 2. The first-order valence-electron chi connectivity index (χ1n) is 11.8. The SMILES string of the molecule is CN=C(NCCCCN1CCCCC1C)NCCN1C(=O)C2C3C=CC(C3)C2C1=O.I. The summed E-state index contributed by atoms with van der Waals surface area (Å²) in [4.78, 5) is 33.8. The predicted octanol–water partition coefficient (Wildman–Crippen LogP) is 2.23. The van der Waals surface area contributed by atoms with E-state index in [1.54, 1.807) is 7.05 Å². The lowest BCUT2D eigenvalue weighted by molar-refractivity contribution is -0.140. The maximum atomic E-state index is 12.7. The lowest BCUT2D eigenvalue weighted by atomic mass is 9.85. The topological polar surface area (TPSA) is 77.0 Å². The summed E-state index contributed by atoms with van der Waals surface area (Å²) in [6.07, 6.45) is 11.6. The minimum Gasteiger partial charge on any atom is -0.356 e. The summed E-state index contributed by atoms with van der Waals surface area (Å²) >= 11 is 0. The van der Waals surface area contributed by atoms with Gasteiger partial charge >= 0.3 is 0 Å². The molecule has 4 rings (SSSR count). The van der Waals surface area contributed by atoms with Crippen LogP contribution in [0.3, 0.4) is 0 Å². The van der Waals surface area contributed by atoms with Crippen molar-refractivity contribution in [3.8, 4) is 0 Å². The Balaban J connectivity index is 0.00000272. The minimum atomic E-state index is -0.104. The molecule has 0 aromatic heterocycles. The minimum absolute atomic E-state index is 0. The van der Waals surface area contributed by atoms with E-state index in [0.717, 1.165) is 31.4 Å². The third-order valence-electron chi connectivity index (χ3n) is 7.52. The van der Waals surface area contributed by atoms with Crippen LogP contribution in [0.1, 0.15) is 45.4 Å². The maximum Gasteiger partial charge on any atom is 0.233 e.